The SMILES string of the molecule is Cc1cc(N2C[C@@H]3C[C@H]2CN3S(C)(=O)=O)n2nc(-c3ccccc3Cl)c(-c3ccc(Cl)cc3)c2n1. The maximum atomic E-state index is 12.2. The predicted octanol–water partition coefficient (Wildman–Crippen LogP) is 4.90. The van der Waals surface area contributed by atoms with Crippen LogP contribution >= 0.6 is 23.2 Å². The number of fused-ring (bicyclic) bond motifs is 3. The van der Waals surface area contributed by atoms with Crippen molar-refractivity contribution in [3.8, 4) is 22.4 Å². The molecular formula is C25H23Cl2N5O2S. The van der Waals surface area contributed by atoms with Crippen molar-refractivity contribution in [2.45, 2.75) is 25.4 Å². The third-order valence-corrected chi connectivity index (χ3v) is 8.75. The summed E-state index contributed by atoms with van der Waals surface area (Å²) in [6.45, 7) is 3.07. The van der Waals surface area contributed by atoms with Crippen molar-refractivity contribution in [3.63, 3.8) is 0 Å². The third-order valence-electron chi connectivity index (χ3n) is 6.87. The Labute approximate surface area is 214 Å². The van der Waals surface area contributed by atoms with Crippen LogP contribution in [0.1, 0.15) is 12.1 Å². The molecule has 6 rings (SSSR count). The van der Waals surface area contributed by atoms with Crippen molar-refractivity contribution < 1.29 is 8.42 Å². The number of halogens is 2. The molecule has 0 N–H and O–H groups in total. The van der Waals surface area contributed by atoms with E-state index in [1.54, 1.807) is 4.31 Å². The zero-order valence-corrected chi connectivity index (χ0v) is 21.5. The van der Waals surface area contributed by atoms with Crippen LogP contribution in [0.4, 0.5) is 5.82 Å². The van der Waals surface area contributed by atoms with Gasteiger partial charge in [0.15, 0.2) is 5.65 Å². The lowest BCUT2D eigenvalue weighted by molar-refractivity contribution is 0.370. The first-order chi connectivity index (χ1) is 16.7. The second kappa shape index (κ2) is 8.20. The Morgan fingerprint density at radius 3 is 2.40 bits per heavy atom. The number of benzene rings is 2. The number of hydrogen-bond donors (Lipinski definition) is 0. The van der Waals surface area contributed by atoms with Crippen LogP contribution in [-0.4, -0.2) is 58.8 Å². The molecule has 0 radical (unpaired) electrons. The minimum atomic E-state index is -3.23. The standard InChI is InChI=1S/C25H23Cl2N5O2S/c1-15-11-22(30-13-19-12-18(30)14-31(19)35(2,33)34)32-25(28-15)23(16-7-9-17(26)10-8-16)24(29-32)20-5-3-4-6-21(20)27/h3-11,18-19H,12-14H2,1-2H3/t18-,19-/m0/s1. The highest BCUT2D eigenvalue weighted by Gasteiger charge is 2.47. The molecule has 7 nitrogen and oxygen atoms in total. The van der Waals surface area contributed by atoms with Crippen LogP contribution in [0.2, 0.25) is 10.0 Å². The maximum Gasteiger partial charge on any atom is 0.211 e. The maximum absolute atomic E-state index is 12.2. The molecule has 35 heavy (non-hydrogen) atoms. The molecule has 180 valence electrons. The first-order valence-electron chi connectivity index (χ1n) is 11.4. The number of hydrogen-bond acceptors (Lipinski definition) is 5. The van der Waals surface area contributed by atoms with Crippen LogP contribution < -0.4 is 4.90 Å². The Hall–Kier alpha value is -2.65. The van der Waals surface area contributed by atoms with E-state index in [-0.39, 0.29) is 12.1 Å². The number of piperazine rings is 1. The molecule has 2 aliphatic heterocycles. The summed E-state index contributed by atoms with van der Waals surface area (Å²) in [5.41, 5.74) is 4.95. The molecule has 2 saturated heterocycles. The van der Waals surface area contributed by atoms with E-state index in [1.165, 1.54) is 6.26 Å². The van der Waals surface area contributed by atoms with E-state index in [0.29, 0.717) is 23.1 Å². The Morgan fingerprint density at radius 1 is 1.00 bits per heavy atom. The van der Waals surface area contributed by atoms with Gasteiger partial charge in [0.25, 0.3) is 0 Å². The Morgan fingerprint density at radius 2 is 1.74 bits per heavy atom. The average Bonchev–Trinajstić information content (AvgIpc) is 3.52. The quantitative estimate of drug-likeness (QED) is 0.377. The second-order valence-corrected chi connectivity index (χ2v) is 12.0. The van der Waals surface area contributed by atoms with E-state index in [9.17, 15) is 8.42 Å². The van der Waals surface area contributed by atoms with Crippen LogP contribution in [0.15, 0.2) is 54.6 Å². The monoisotopic (exact) mass is 527 g/mol. The van der Waals surface area contributed by atoms with Gasteiger partial charge in [0.05, 0.1) is 16.8 Å². The fourth-order valence-electron chi connectivity index (χ4n) is 5.37. The van der Waals surface area contributed by atoms with Gasteiger partial charge >= 0.3 is 0 Å². The minimum absolute atomic E-state index is 0.0344. The molecule has 4 heterocycles. The van der Waals surface area contributed by atoms with Crippen molar-refractivity contribution in [2.24, 2.45) is 0 Å². The summed E-state index contributed by atoms with van der Waals surface area (Å²) in [5.74, 6) is 0.904. The molecule has 0 spiro atoms. The summed E-state index contributed by atoms with van der Waals surface area (Å²) in [4.78, 5) is 7.16. The molecule has 0 aliphatic carbocycles. The van der Waals surface area contributed by atoms with Gasteiger partial charge in [0.2, 0.25) is 10.0 Å². The smallest absolute Gasteiger partial charge is 0.211 e. The molecule has 2 fully saturated rings. The van der Waals surface area contributed by atoms with Crippen LogP contribution in [0.5, 0.6) is 0 Å². The van der Waals surface area contributed by atoms with E-state index in [0.717, 1.165) is 46.0 Å². The fraction of sp³-hybridized carbons (Fsp3) is 0.280. The lowest BCUT2D eigenvalue weighted by Gasteiger charge is -2.34. The molecule has 10 heteroatoms. The van der Waals surface area contributed by atoms with Crippen molar-refractivity contribution in [1.29, 1.82) is 0 Å². The van der Waals surface area contributed by atoms with Crippen LogP contribution in [0, 0.1) is 6.92 Å². The summed E-state index contributed by atoms with van der Waals surface area (Å²) in [6.07, 6.45) is 2.09. The fourth-order valence-corrected chi connectivity index (χ4v) is 6.85. The number of sulfonamides is 1. The van der Waals surface area contributed by atoms with E-state index in [1.807, 2.05) is 66.0 Å². The van der Waals surface area contributed by atoms with E-state index < -0.39 is 10.0 Å². The minimum Gasteiger partial charge on any atom is -0.350 e. The van der Waals surface area contributed by atoms with Crippen molar-refractivity contribution in [1.82, 2.24) is 18.9 Å². The third kappa shape index (κ3) is 3.80. The van der Waals surface area contributed by atoms with E-state index >= 15 is 0 Å². The van der Waals surface area contributed by atoms with Gasteiger partial charge in [-0.2, -0.15) is 13.9 Å². The van der Waals surface area contributed by atoms with Gasteiger partial charge in [-0.3, -0.25) is 0 Å². The van der Waals surface area contributed by atoms with Gasteiger partial charge in [-0.1, -0.05) is 53.5 Å². The van der Waals surface area contributed by atoms with Crippen LogP contribution in [0.3, 0.4) is 0 Å². The summed E-state index contributed by atoms with van der Waals surface area (Å²) < 4.78 is 27.9. The highest BCUT2D eigenvalue weighted by atomic mass is 35.5. The number of anilines is 1. The van der Waals surface area contributed by atoms with Crippen molar-refractivity contribution in [3.05, 3.63) is 70.3 Å². The zero-order valence-electron chi connectivity index (χ0n) is 19.2. The molecule has 2 bridgehead atoms. The Balaban J connectivity index is 1.56. The van der Waals surface area contributed by atoms with Crippen molar-refractivity contribution in [2.75, 3.05) is 24.2 Å². The van der Waals surface area contributed by atoms with Gasteiger partial charge in [-0.25, -0.2) is 13.4 Å². The van der Waals surface area contributed by atoms with Gasteiger partial charge < -0.3 is 4.90 Å². The molecule has 0 amide bonds. The largest absolute Gasteiger partial charge is 0.350 e. The first-order valence-corrected chi connectivity index (χ1v) is 14.0. The normalized spacial score (nSPS) is 20.3. The first kappa shape index (κ1) is 22.8. The average molecular weight is 528 g/mol. The lowest BCUT2D eigenvalue weighted by atomic mass is 10.0. The summed E-state index contributed by atoms with van der Waals surface area (Å²) >= 11 is 12.8. The predicted molar refractivity (Wildman–Crippen MR) is 140 cm³/mol. The van der Waals surface area contributed by atoms with Gasteiger partial charge in [0, 0.05) is 47.5 Å². The molecule has 2 aliphatic rings. The van der Waals surface area contributed by atoms with Crippen molar-refractivity contribution >= 4 is 44.7 Å². The van der Waals surface area contributed by atoms with E-state index in [4.69, 9.17) is 33.3 Å². The number of nitrogens with zero attached hydrogens (tertiary/aromatic N) is 5. The molecule has 2 aromatic heterocycles. The highest BCUT2D eigenvalue weighted by molar-refractivity contribution is 7.88. The van der Waals surface area contributed by atoms with Crippen LogP contribution in [-0.2, 0) is 10.0 Å². The summed E-state index contributed by atoms with van der Waals surface area (Å²) in [5, 5.41) is 6.30. The van der Waals surface area contributed by atoms with Gasteiger partial charge in [-0.15, -0.1) is 0 Å². The summed E-state index contributed by atoms with van der Waals surface area (Å²) in [6, 6.07) is 17.4. The molecular weight excluding hydrogens is 505 g/mol. The molecule has 0 unspecified atom stereocenters. The number of rotatable bonds is 4. The van der Waals surface area contributed by atoms with Crippen LogP contribution in [0.25, 0.3) is 28.0 Å². The van der Waals surface area contributed by atoms with Gasteiger partial charge in [-0.05, 0) is 37.1 Å². The Kier molecular flexibility index (Phi) is 5.34. The highest BCUT2D eigenvalue weighted by Crippen LogP contribution is 2.41. The summed E-state index contributed by atoms with van der Waals surface area (Å²) in [7, 11) is -3.23. The molecule has 2 atom stereocenters. The van der Waals surface area contributed by atoms with Gasteiger partial charge in [0.1, 0.15) is 11.5 Å². The topological polar surface area (TPSA) is 70.8 Å². The Bertz CT molecular complexity index is 1570. The number of aromatic nitrogens is 3. The molecule has 4 aromatic rings. The lowest BCUT2D eigenvalue weighted by Crippen LogP contribution is -2.49. The molecule has 0 saturated carbocycles. The number of aryl methyl sites for hydroxylation is 1. The second-order valence-electron chi connectivity index (χ2n) is 9.23. The zero-order chi connectivity index (χ0) is 24.5. The van der Waals surface area contributed by atoms with E-state index in [2.05, 4.69) is 4.90 Å². The molecule has 2 aromatic carbocycles.